The summed E-state index contributed by atoms with van der Waals surface area (Å²) in [7, 11) is 0. The van der Waals surface area contributed by atoms with Crippen LogP contribution in [0.3, 0.4) is 0 Å². The zero-order chi connectivity index (χ0) is 13.5. The largest absolute Gasteiger partial charge is 0.337 e. The highest BCUT2D eigenvalue weighted by molar-refractivity contribution is 5.89. The fourth-order valence-electron chi connectivity index (χ4n) is 1.58. The minimum Gasteiger partial charge on any atom is -0.337 e. The minimum absolute atomic E-state index is 0.165. The zero-order valence-corrected chi connectivity index (χ0v) is 10.3. The highest BCUT2D eigenvalue weighted by Crippen LogP contribution is 2.11. The number of aromatic nitrogens is 1. The number of benzene rings is 1. The van der Waals surface area contributed by atoms with Gasteiger partial charge in [-0.1, -0.05) is 18.2 Å². The normalized spacial score (nSPS) is 9.95. The molecule has 4 nitrogen and oxygen atoms in total. The molecule has 0 saturated carbocycles. The van der Waals surface area contributed by atoms with Gasteiger partial charge >= 0.3 is 6.03 Å². The average Bonchev–Trinajstić information content (AvgIpc) is 2.43. The molecule has 0 atom stereocenters. The summed E-state index contributed by atoms with van der Waals surface area (Å²) >= 11 is 0. The predicted molar refractivity (Wildman–Crippen MR) is 71.4 cm³/mol. The van der Waals surface area contributed by atoms with Gasteiger partial charge in [0.15, 0.2) is 0 Å². The van der Waals surface area contributed by atoms with Gasteiger partial charge in [0.1, 0.15) is 5.82 Å². The molecule has 0 bridgehead atoms. The lowest BCUT2D eigenvalue weighted by Crippen LogP contribution is -2.30. The van der Waals surface area contributed by atoms with Crippen LogP contribution in [-0.2, 0) is 6.42 Å². The fourth-order valence-corrected chi connectivity index (χ4v) is 1.58. The van der Waals surface area contributed by atoms with Crippen LogP contribution in [0.15, 0.2) is 48.7 Å². The summed E-state index contributed by atoms with van der Waals surface area (Å²) in [5, 5.41) is 5.10. The molecule has 0 fully saturated rings. The van der Waals surface area contributed by atoms with Crippen LogP contribution in [0, 0.1) is 5.82 Å². The lowest BCUT2D eigenvalue weighted by molar-refractivity contribution is 0.252. The zero-order valence-electron chi connectivity index (χ0n) is 10.3. The van der Waals surface area contributed by atoms with Crippen molar-refractivity contribution in [3.63, 3.8) is 0 Å². The number of hydrogen-bond donors (Lipinski definition) is 2. The van der Waals surface area contributed by atoms with Gasteiger partial charge < -0.3 is 10.6 Å². The van der Waals surface area contributed by atoms with Crippen molar-refractivity contribution in [1.82, 2.24) is 10.3 Å². The standard InChI is InChI=1S/C14H14FN3O/c15-12-6-1-2-7-13(12)18-14(19)17-10-8-11-5-3-4-9-16-11/h1-7,9H,8,10H2,(H2,17,18,19). The van der Waals surface area contributed by atoms with Gasteiger partial charge in [-0.2, -0.15) is 0 Å². The first-order valence-corrected chi connectivity index (χ1v) is 5.95. The van der Waals surface area contributed by atoms with Crippen molar-refractivity contribution in [1.29, 1.82) is 0 Å². The van der Waals surface area contributed by atoms with Crippen molar-refractivity contribution in [2.24, 2.45) is 0 Å². The molecule has 0 unspecified atom stereocenters. The summed E-state index contributed by atoms with van der Waals surface area (Å²) in [5.74, 6) is -0.456. The molecule has 2 amide bonds. The first-order valence-electron chi connectivity index (χ1n) is 5.95. The molecule has 98 valence electrons. The number of carbonyl (C=O) groups is 1. The third kappa shape index (κ3) is 4.06. The summed E-state index contributed by atoms with van der Waals surface area (Å²) in [5.41, 5.74) is 1.06. The molecule has 2 aromatic rings. The van der Waals surface area contributed by atoms with E-state index in [-0.39, 0.29) is 5.69 Å². The van der Waals surface area contributed by atoms with Crippen molar-refractivity contribution in [2.45, 2.75) is 6.42 Å². The second-order valence-corrected chi connectivity index (χ2v) is 3.93. The second-order valence-electron chi connectivity index (χ2n) is 3.93. The minimum atomic E-state index is -0.456. The topological polar surface area (TPSA) is 54.0 Å². The molecule has 2 rings (SSSR count). The molecule has 2 N–H and O–H groups in total. The first-order chi connectivity index (χ1) is 9.25. The van der Waals surface area contributed by atoms with Crippen LogP contribution < -0.4 is 10.6 Å². The van der Waals surface area contributed by atoms with Crippen molar-refractivity contribution in [3.8, 4) is 0 Å². The summed E-state index contributed by atoms with van der Waals surface area (Å²) in [4.78, 5) is 15.7. The van der Waals surface area contributed by atoms with Gasteiger partial charge in [-0.3, -0.25) is 4.98 Å². The van der Waals surface area contributed by atoms with Crippen LogP contribution >= 0.6 is 0 Å². The van der Waals surface area contributed by atoms with Crippen LogP contribution in [0.4, 0.5) is 14.9 Å². The predicted octanol–water partition coefficient (Wildman–Crippen LogP) is 2.58. The Morgan fingerprint density at radius 2 is 1.95 bits per heavy atom. The number of pyridine rings is 1. The van der Waals surface area contributed by atoms with E-state index < -0.39 is 11.8 Å². The van der Waals surface area contributed by atoms with E-state index in [0.29, 0.717) is 13.0 Å². The lowest BCUT2D eigenvalue weighted by atomic mass is 10.3. The SMILES string of the molecule is O=C(NCCc1ccccn1)Nc1ccccc1F. The van der Waals surface area contributed by atoms with Crippen molar-refractivity contribution in [2.75, 3.05) is 11.9 Å². The van der Waals surface area contributed by atoms with E-state index in [0.717, 1.165) is 5.69 Å². The number of amides is 2. The Morgan fingerprint density at radius 3 is 2.68 bits per heavy atom. The molecule has 0 aliphatic rings. The number of rotatable bonds is 4. The van der Waals surface area contributed by atoms with Gasteiger partial charge in [-0.15, -0.1) is 0 Å². The van der Waals surface area contributed by atoms with Crippen LogP contribution in [0.25, 0.3) is 0 Å². The smallest absolute Gasteiger partial charge is 0.319 e. The van der Waals surface area contributed by atoms with Crippen LogP contribution in [0.1, 0.15) is 5.69 Å². The Kier molecular flexibility index (Phi) is 4.44. The Balaban J connectivity index is 1.78. The Hall–Kier alpha value is -2.43. The molecule has 1 heterocycles. The monoisotopic (exact) mass is 259 g/mol. The molecular formula is C14H14FN3O. The Morgan fingerprint density at radius 1 is 1.16 bits per heavy atom. The van der Waals surface area contributed by atoms with Crippen molar-refractivity contribution < 1.29 is 9.18 Å². The Labute approximate surface area is 110 Å². The number of para-hydroxylation sites is 1. The number of halogens is 1. The number of hydrogen-bond acceptors (Lipinski definition) is 2. The van der Waals surface area contributed by atoms with Crippen molar-refractivity contribution in [3.05, 3.63) is 60.2 Å². The highest BCUT2D eigenvalue weighted by atomic mass is 19.1. The molecule has 0 radical (unpaired) electrons. The van der Waals surface area contributed by atoms with Gasteiger partial charge in [-0.05, 0) is 24.3 Å². The molecule has 0 saturated heterocycles. The third-order valence-corrected chi connectivity index (χ3v) is 2.51. The van der Waals surface area contributed by atoms with Crippen LogP contribution in [0.5, 0.6) is 0 Å². The molecular weight excluding hydrogens is 245 g/mol. The maximum Gasteiger partial charge on any atom is 0.319 e. The van der Waals surface area contributed by atoms with Crippen molar-refractivity contribution >= 4 is 11.7 Å². The summed E-state index contributed by atoms with van der Waals surface area (Å²) in [6.07, 6.45) is 2.33. The van der Waals surface area contributed by atoms with Gasteiger partial charge in [0.05, 0.1) is 5.69 Å². The third-order valence-electron chi connectivity index (χ3n) is 2.51. The number of nitrogens with zero attached hydrogens (tertiary/aromatic N) is 1. The molecule has 19 heavy (non-hydrogen) atoms. The van der Waals surface area contributed by atoms with Gasteiger partial charge in [0.2, 0.25) is 0 Å². The van der Waals surface area contributed by atoms with E-state index in [9.17, 15) is 9.18 Å². The van der Waals surface area contributed by atoms with E-state index >= 15 is 0 Å². The molecule has 0 spiro atoms. The summed E-state index contributed by atoms with van der Waals surface area (Å²) in [6, 6.07) is 11.2. The first kappa shape index (κ1) is 13.0. The van der Waals surface area contributed by atoms with Crippen LogP contribution in [-0.4, -0.2) is 17.6 Å². The fraction of sp³-hybridized carbons (Fsp3) is 0.143. The Bertz CT molecular complexity index is 545. The summed E-state index contributed by atoms with van der Waals surface area (Å²) in [6.45, 7) is 0.442. The molecule has 0 aliphatic heterocycles. The quantitative estimate of drug-likeness (QED) is 0.886. The van der Waals surface area contributed by atoms with E-state index in [2.05, 4.69) is 15.6 Å². The second kappa shape index (κ2) is 6.49. The highest BCUT2D eigenvalue weighted by Gasteiger charge is 2.05. The molecule has 1 aromatic carbocycles. The van der Waals surface area contributed by atoms with Gasteiger partial charge in [0.25, 0.3) is 0 Å². The van der Waals surface area contributed by atoms with E-state index in [1.54, 1.807) is 18.3 Å². The summed E-state index contributed by atoms with van der Waals surface area (Å²) < 4.78 is 13.3. The molecule has 1 aromatic heterocycles. The molecule has 0 aliphatic carbocycles. The lowest BCUT2D eigenvalue weighted by Gasteiger charge is -2.07. The maximum atomic E-state index is 13.3. The van der Waals surface area contributed by atoms with E-state index in [4.69, 9.17) is 0 Å². The number of urea groups is 1. The number of carbonyl (C=O) groups excluding carboxylic acids is 1. The van der Waals surface area contributed by atoms with Gasteiger partial charge in [0, 0.05) is 24.9 Å². The number of anilines is 1. The van der Waals surface area contributed by atoms with Crippen LogP contribution in [0.2, 0.25) is 0 Å². The molecule has 5 heteroatoms. The number of nitrogens with one attached hydrogen (secondary N) is 2. The van der Waals surface area contributed by atoms with E-state index in [1.165, 1.54) is 12.1 Å². The van der Waals surface area contributed by atoms with E-state index in [1.807, 2.05) is 18.2 Å². The van der Waals surface area contributed by atoms with Gasteiger partial charge in [-0.25, -0.2) is 9.18 Å². The maximum absolute atomic E-state index is 13.3. The average molecular weight is 259 g/mol.